The predicted octanol–water partition coefficient (Wildman–Crippen LogP) is 1.88. The van der Waals surface area contributed by atoms with Gasteiger partial charge in [0.05, 0.1) is 12.2 Å². The first kappa shape index (κ1) is 10.8. The van der Waals surface area contributed by atoms with E-state index in [1.165, 1.54) is 12.1 Å². The van der Waals surface area contributed by atoms with Gasteiger partial charge in [-0.1, -0.05) is 12.1 Å². The number of aromatic nitrogens is 2. The summed E-state index contributed by atoms with van der Waals surface area (Å²) in [6.07, 6.45) is 3.67. The Labute approximate surface area is 93.7 Å². The summed E-state index contributed by atoms with van der Waals surface area (Å²) in [5.41, 5.74) is 7.62. The van der Waals surface area contributed by atoms with Crippen LogP contribution in [0.2, 0.25) is 0 Å². The van der Waals surface area contributed by atoms with Crippen LogP contribution in [-0.2, 0) is 0 Å². The van der Waals surface area contributed by atoms with Gasteiger partial charge in [-0.3, -0.25) is 4.68 Å². The molecule has 2 aromatic rings. The van der Waals surface area contributed by atoms with E-state index in [-0.39, 0.29) is 11.9 Å². The molecule has 2 rings (SSSR count). The van der Waals surface area contributed by atoms with E-state index in [9.17, 15) is 4.39 Å². The Morgan fingerprint density at radius 1 is 1.50 bits per heavy atom. The minimum Gasteiger partial charge on any atom is -0.328 e. The quantitative estimate of drug-likeness (QED) is 0.856. The number of rotatable bonds is 3. The Balaban J connectivity index is 2.36. The molecule has 0 spiro atoms. The van der Waals surface area contributed by atoms with Crippen molar-refractivity contribution in [1.82, 2.24) is 9.78 Å². The molecule has 1 unspecified atom stereocenters. The van der Waals surface area contributed by atoms with Gasteiger partial charge in [0, 0.05) is 12.7 Å². The lowest BCUT2D eigenvalue weighted by molar-refractivity contribution is 0.526. The van der Waals surface area contributed by atoms with Crippen LogP contribution in [0.5, 0.6) is 0 Å². The Kier molecular flexibility index (Phi) is 3.01. The summed E-state index contributed by atoms with van der Waals surface area (Å²) in [6, 6.07) is 6.35. The molecule has 3 nitrogen and oxygen atoms in total. The molecule has 0 radical (unpaired) electrons. The van der Waals surface area contributed by atoms with Crippen LogP contribution in [-0.4, -0.2) is 16.3 Å². The van der Waals surface area contributed by atoms with Gasteiger partial charge in [-0.2, -0.15) is 5.10 Å². The molecule has 0 aliphatic rings. The predicted molar refractivity (Wildman–Crippen MR) is 60.6 cm³/mol. The van der Waals surface area contributed by atoms with Crippen LogP contribution in [0.25, 0.3) is 0 Å². The van der Waals surface area contributed by atoms with Crippen LogP contribution < -0.4 is 5.73 Å². The van der Waals surface area contributed by atoms with Gasteiger partial charge < -0.3 is 5.73 Å². The summed E-state index contributed by atoms with van der Waals surface area (Å²) in [5, 5.41) is 4.21. The van der Waals surface area contributed by atoms with Crippen molar-refractivity contribution in [1.29, 1.82) is 0 Å². The molecule has 0 saturated heterocycles. The number of hydrogen-bond acceptors (Lipinski definition) is 2. The minimum absolute atomic E-state index is 0.107. The molecular formula is C12H14FN3. The fraction of sp³-hybridized carbons (Fsp3) is 0.250. The fourth-order valence-electron chi connectivity index (χ4n) is 1.71. The van der Waals surface area contributed by atoms with Gasteiger partial charge >= 0.3 is 0 Å². The van der Waals surface area contributed by atoms with Gasteiger partial charge in [0.15, 0.2) is 0 Å². The molecule has 0 bridgehead atoms. The largest absolute Gasteiger partial charge is 0.328 e. The lowest BCUT2D eigenvalue weighted by Gasteiger charge is -2.15. The van der Waals surface area contributed by atoms with E-state index >= 15 is 0 Å². The number of aryl methyl sites for hydroxylation is 1. The van der Waals surface area contributed by atoms with E-state index in [2.05, 4.69) is 5.10 Å². The molecule has 0 fully saturated rings. The third kappa shape index (κ3) is 2.12. The number of hydrogen-bond donors (Lipinski definition) is 1. The van der Waals surface area contributed by atoms with Crippen LogP contribution in [0, 0.1) is 12.7 Å². The third-order valence-electron chi connectivity index (χ3n) is 2.51. The Bertz CT molecular complexity index is 479. The zero-order chi connectivity index (χ0) is 11.5. The van der Waals surface area contributed by atoms with Crippen LogP contribution in [0.15, 0.2) is 36.7 Å². The zero-order valence-electron chi connectivity index (χ0n) is 9.10. The van der Waals surface area contributed by atoms with E-state index < -0.39 is 0 Å². The van der Waals surface area contributed by atoms with E-state index in [1.807, 2.05) is 19.2 Å². The van der Waals surface area contributed by atoms with Crippen molar-refractivity contribution < 1.29 is 4.39 Å². The minimum atomic E-state index is -0.250. The summed E-state index contributed by atoms with van der Waals surface area (Å²) in [5.74, 6) is -0.250. The van der Waals surface area contributed by atoms with Crippen molar-refractivity contribution in [3.05, 3.63) is 53.6 Å². The van der Waals surface area contributed by atoms with Gasteiger partial charge in [0.25, 0.3) is 0 Å². The summed E-state index contributed by atoms with van der Waals surface area (Å²) >= 11 is 0. The second-order valence-electron chi connectivity index (χ2n) is 3.80. The second kappa shape index (κ2) is 4.45. The van der Waals surface area contributed by atoms with Crippen LogP contribution in [0.4, 0.5) is 4.39 Å². The lowest BCUT2D eigenvalue weighted by Crippen LogP contribution is -2.20. The first-order valence-electron chi connectivity index (χ1n) is 5.17. The molecule has 1 aromatic carbocycles. The van der Waals surface area contributed by atoms with Crippen LogP contribution >= 0.6 is 0 Å². The van der Waals surface area contributed by atoms with Crippen molar-refractivity contribution in [2.75, 3.05) is 6.54 Å². The standard InChI is InChI=1S/C12H14FN3/c1-9-7-15-16(8-9)12(6-14)10-3-2-4-11(13)5-10/h2-5,7-8,12H,6,14H2,1H3. The maximum absolute atomic E-state index is 13.1. The van der Waals surface area contributed by atoms with Crippen molar-refractivity contribution in [3.8, 4) is 0 Å². The number of halogens is 1. The third-order valence-corrected chi connectivity index (χ3v) is 2.51. The van der Waals surface area contributed by atoms with E-state index in [1.54, 1.807) is 16.9 Å². The second-order valence-corrected chi connectivity index (χ2v) is 3.80. The topological polar surface area (TPSA) is 43.8 Å². The van der Waals surface area contributed by atoms with Crippen molar-refractivity contribution in [2.45, 2.75) is 13.0 Å². The van der Waals surface area contributed by atoms with Crippen molar-refractivity contribution >= 4 is 0 Å². The SMILES string of the molecule is Cc1cnn(C(CN)c2cccc(F)c2)c1. The maximum Gasteiger partial charge on any atom is 0.123 e. The van der Waals surface area contributed by atoms with E-state index in [0.29, 0.717) is 6.54 Å². The molecule has 4 heteroatoms. The summed E-state index contributed by atoms with van der Waals surface area (Å²) in [4.78, 5) is 0. The molecular weight excluding hydrogens is 205 g/mol. The summed E-state index contributed by atoms with van der Waals surface area (Å²) < 4.78 is 14.9. The molecule has 1 heterocycles. The molecule has 16 heavy (non-hydrogen) atoms. The fourth-order valence-corrected chi connectivity index (χ4v) is 1.71. The van der Waals surface area contributed by atoms with Gasteiger partial charge in [-0.15, -0.1) is 0 Å². The maximum atomic E-state index is 13.1. The normalized spacial score (nSPS) is 12.7. The monoisotopic (exact) mass is 219 g/mol. The lowest BCUT2D eigenvalue weighted by atomic mass is 10.1. The molecule has 0 aliphatic heterocycles. The van der Waals surface area contributed by atoms with Crippen LogP contribution in [0.3, 0.4) is 0 Å². The summed E-state index contributed by atoms with van der Waals surface area (Å²) in [6.45, 7) is 2.35. The molecule has 84 valence electrons. The highest BCUT2D eigenvalue weighted by Crippen LogP contribution is 2.17. The molecule has 0 saturated carbocycles. The highest BCUT2D eigenvalue weighted by atomic mass is 19.1. The van der Waals surface area contributed by atoms with Gasteiger partial charge in [-0.25, -0.2) is 4.39 Å². The number of nitrogens with zero attached hydrogens (tertiary/aromatic N) is 2. The Morgan fingerprint density at radius 2 is 2.31 bits per heavy atom. The van der Waals surface area contributed by atoms with Gasteiger partial charge in [0.2, 0.25) is 0 Å². The van der Waals surface area contributed by atoms with Gasteiger partial charge in [0.1, 0.15) is 5.82 Å². The first-order valence-corrected chi connectivity index (χ1v) is 5.17. The molecule has 1 atom stereocenters. The number of nitrogens with two attached hydrogens (primary N) is 1. The Morgan fingerprint density at radius 3 is 2.88 bits per heavy atom. The molecule has 1 aromatic heterocycles. The van der Waals surface area contributed by atoms with E-state index in [4.69, 9.17) is 5.73 Å². The number of benzene rings is 1. The molecule has 0 aliphatic carbocycles. The van der Waals surface area contributed by atoms with E-state index in [0.717, 1.165) is 11.1 Å². The highest BCUT2D eigenvalue weighted by Gasteiger charge is 2.12. The smallest absolute Gasteiger partial charge is 0.123 e. The summed E-state index contributed by atoms with van der Waals surface area (Å²) in [7, 11) is 0. The average molecular weight is 219 g/mol. The van der Waals surface area contributed by atoms with Crippen molar-refractivity contribution in [2.24, 2.45) is 5.73 Å². The van der Waals surface area contributed by atoms with Crippen LogP contribution in [0.1, 0.15) is 17.2 Å². The van der Waals surface area contributed by atoms with Gasteiger partial charge in [-0.05, 0) is 30.2 Å². The Hall–Kier alpha value is -1.68. The first-order chi connectivity index (χ1) is 7.70. The molecule has 0 amide bonds. The highest BCUT2D eigenvalue weighted by molar-refractivity contribution is 5.21. The van der Waals surface area contributed by atoms with Crippen molar-refractivity contribution in [3.63, 3.8) is 0 Å². The average Bonchev–Trinajstić information content (AvgIpc) is 2.66. The molecule has 2 N–H and O–H groups in total. The zero-order valence-corrected chi connectivity index (χ0v) is 9.10.